The number of amides is 1. The third kappa shape index (κ3) is 3.25. The highest BCUT2D eigenvalue weighted by molar-refractivity contribution is 6.06. The van der Waals surface area contributed by atoms with Crippen molar-refractivity contribution in [2.75, 3.05) is 19.7 Å². The minimum Gasteiger partial charge on any atom is -0.466 e. The Hall–Kier alpha value is -2.43. The molecular weight excluding hydrogens is 304 g/mol. The number of esters is 1. The minimum atomic E-state index is -0.225. The number of nitrogens with zero attached hydrogens (tertiary/aromatic N) is 2. The molecule has 0 aliphatic carbocycles. The number of carbonyl (C=O) groups is 2. The van der Waals surface area contributed by atoms with E-state index in [1.54, 1.807) is 11.8 Å². The van der Waals surface area contributed by atoms with E-state index >= 15 is 0 Å². The van der Waals surface area contributed by atoms with Gasteiger partial charge in [-0.05, 0) is 38.8 Å². The van der Waals surface area contributed by atoms with E-state index in [9.17, 15) is 9.59 Å². The molecule has 2 heterocycles. The van der Waals surface area contributed by atoms with E-state index in [1.807, 2.05) is 37.3 Å². The summed E-state index contributed by atoms with van der Waals surface area (Å²) in [6, 6.07) is 9.49. The van der Waals surface area contributed by atoms with Crippen LogP contribution in [0.25, 0.3) is 10.9 Å². The smallest absolute Gasteiger partial charge is 0.310 e. The van der Waals surface area contributed by atoms with Crippen LogP contribution in [0.1, 0.15) is 35.8 Å². The molecule has 3 rings (SSSR count). The van der Waals surface area contributed by atoms with Crippen molar-refractivity contribution in [1.29, 1.82) is 0 Å². The second-order valence-corrected chi connectivity index (χ2v) is 6.17. The number of carbonyl (C=O) groups excluding carboxylic acids is 2. The van der Waals surface area contributed by atoms with Crippen molar-refractivity contribution in [3.63, 3.8) is 0 Å². The van der Waals surface area contributed by atoms with E-state index in [0.29, 0.717) is 25.3 Å². The standard InChI is InChI=1S/C19H22N2O3/c1-3-24-19(23)14-7-6-10-21(12-14)18(22)16-11-13(2)20-17-9-5-4-8-15(16)17/h4-5,8-9,11,14H,3,6-7,10,12H2,1-2H3/t14-/m0/s1. The Kier molecular flexibility index (Phi) is 4.79. The molecular formula is C19H22N2O3. The Morgan fingerprint density at radius 3 is 2.92 bits per heavy atom. The summed E-state index contributed by atoms with van der Waals surface area (Å²) in [6.45, 7) is 5.16. The molecule has 126 valence electrons. The highest BCUT2D eigenvalue weighted by atomic mass is 16.5. The molecule has 5 heteroatoms. The van der Waals surface area contributed by atoms with Crippen LogP contribution in [0.15, 0.2) is 30.3 Å². The normalized spacial score (nSPS) is 17.8. The number of hydrogen-bond acceptors (Lipinski definition) is 4. The van der Waals surface area contributed by atoms with Crippen molar-refractivity contribution in [3.05, 3.63) is 41.6 Å². The Bertz CT molecular complexity index is 772. The number of benzene rings is 1. The lowest BCUT2D eigenvalue weighted by atomic mass is 9.97. The number of hydrogen-bond donors (Lipinski definition) is 0. The number of fused-ring (bicyclic) bond motifs is 1. The fraction of sp³-hybridized carbons (Fsp3) is 0.421. The van der Waals surface area contributed by atoms with Crippen LogP contribution >= 0.6 is 0 Å². The molecule has 1 atom stereocenters. The van der Waals surface area contributed by atoms with Crippen LogP contribution in [-0.2, 0) is 9.53 Å². The molecule has 1 saturated heterocycles. The van der Waals surface area contributed by atoms with Gasteiger partial charge in [-0.2, -0.15) is 0 Å². The van der Waals surface area contributed by atoms with Crippen LogP contribution in [0, 0.1) is 12.8 Å². The fourth-order valence-electron chi connectivity index (χ4n) is 3.27. The Morgan fingerprint density at radius 2 is 2.12 bits per heavy atom. The maximum absolute atomic E-state index is 13.0. The summed E-state index contributed by atoms with van der Waals surface area (Å²) in [5.41, 5.74) is 2.29. The molecule has 1 aromatic heterocycles. The number of likely N-dealkylation sites (tertiary alicyclic amines) is 1. The number of aromatic nitrogens is 1. The van der Waals surface area contributed by atoms with E-state index in [2.05, 4.69) is 4.98 Å². The summed E-state index contributed by atoms with van der Waals surface area (Å²) in [6.07, 6.45) is 1.59. The summed E-state index contributed by atoms with van der Waals surface area (Å²) in [4.78, 5) is 31.3. The van der Waals surface area contributed by atoms with E-state index in [1.165, 1.54) is 0 Å². The zero-order chi connectivity index (χ0) is 17.1. The second kappa shape index (κ2) is 6.99. The maximum atomic E-state index is 13.0. The van der Waals surface area contributed by atoms with Crippen LogP contribution in [0.2, 0.25) is 0 Å². The molecule has 1 aliphatic heterocycles. The summed E-state index contributed by atoms with van der Waals surface area (Å²) < 4.78 is 5.12. The molecule has 5 nitrogen and oxygen atoms in total. The average molecular weight is 326 g/mol. The molecule has 24 heavy (non-hydrogen) atoms. The van der Waals surface area contributed by atoms with Crippen molar-refractivity contribution in [2.45, 2.75) is 26.7 Å². The number of rotatable bonds is 3. The topological polar surface area (TPSA) is 59.5 Å². The molecule has 1 fully saturated rings. The van der Waals surface area contributed by atoms with Gasteiger partial charge in [0.05, 0.1) is 23.6 Å². The zero-order valence-corrected chi connectivity index (χ0v) is 14.1. The molecule has 0 saturated carbocycles. The van der Waals surface area contributed by atoms with Gasteiger partial charge < -0.3 is 9.64 Å². The molecule has 1 aliphatic rings. The molecule has 0 spiro atoms. The largest absolute Gasteiger partial charge is 0.466 e. The summed E-state index contributed by atoms with van der Waals surface area (Å²) >= 11 is 0. The molecule has 0 N–H and O–H groups in total. The van der Waals surface area contributed by atoms with Crippen molar-refractivity contribution in [2.24, 2.45) is 5.92 Å². The van der Waals surface area contributed by atoms with Gasteiger partial charge in [0, 0.05) is 24.2 Å². The predicted octanol–water partition coefficient (Wildman–Crippen LogP) is 2.96. The lowest BCUT2D eigenvalue weighted by Gasteiger charge is -2.31. The van der Waals surface area contributed by atoms with E-state index in [4.69, 9.17) is 4.74 Å². The van der Waals surface area contributed by atoms with Crippen LogP contribution in [0.4, 0.5) is 0 Å². The fourth-order valence-corrected chi connectivity index (χ4v) is 3.27. The first-order valence-corrected chi connectivity index (χ1v) is 8.42. The lowest BCUT2D eigenvalue weighted by Crippen LogP contribution is -2.42. The van der Waals surface area contributed by atoms with Gasteiger partial charge in [-0.25, -0.2) is 0 Å². The van der Waals surface area contributed by atoms with Crippen LogP contribution in [0.5, 0.6) is 0 Å². The molecule has 1 aromatic carbocycles. The third-order valence-electron chi connectivity index (χ3n) is 4.40. The first-order valence-electron chi connectivity index (χ1n) is 8.42. The molecule has 0 bridgehead atoms. The Morgan fingerprint density at radius 1 is 1.33 bits per heavy atom. The van der Waals surface area contributed by atoms with Crippen LogP contribution in [0.3, 0.4) is 0 Å². The molecule has 1 amide bonds. The number of ether oxygens (including phenoxy) is 1. The van der Waals surface area contributed by atoms with Gasteiger partial charge in [0.2, 0.25) is 0 Å². The Balaban J connectivity index is 1.88. The monoisotopic (exact) mass is 326 g/mol. The lowest BCUT2D eigenvalue weighted by molar-refractivity contribution is -0.149. The average Bonchev–Trinajstić information content (AvgIpc) is 2.60. The van der Waals surface area contributed by atoms with Crippen molar-refractivity contribution in [1.82, 2.24) is 9.88 Å². The zero-order valence-electron chi connectivity index (χ0n) is 14.1. The number of pyridine rings is 1. The SMILES string of the molecule is CCOC(=O)[C@H]1CCCN(C(=O)c2cc(C)nc3ccccc23)C1. The van der Waals surface area contributed by atoms with Gasteiger partial charge in [-0.3, -0.25) is 14.6 Å². The summed E-state index contributed by atoms with van der Waals surface area (Å²) in [5, 5.41) is 0.853. The maximum Gasteiger partial charge on any atom is 0.310 e. The Labute approximate surface area is 141 Å². The quantitative estimate of drug-likeness (QED) is 0.814. The van der Waals surface area contributed by atoms with E-state index in [-0.39, 0.29) is 17.8 Å². The van der Waals surface area contributed by atoms with Gasteiger partial charge in [0.25, 0.3) is 5.91 Å². The van der Waals surface area contributed by atoms with Crippen LogP contribution in [-0.4, -0.2) is 41.5 Å². The third-order valence-corrected chi connectivity index (χ3v) is 4.40. The second-order valence-electron chi connectivity index (χ2n) is 6.17. The van der Waals surface area contributed by atoms with Gasteiger partial charge in [0.1, 0.15) is 0 Å². The van der Waals surface area contributed by atoms with Gasteiger partial charge in [-0.1, -0.05) is 18.2 Å². The first kappa shape index (κ1) is 16.4. The van der Waals surface area contributed by atoms with Crippen LogP contribution < -0.4 is 0 Å². The first-order chi connectivity index (χ1) is 11.6. The predicted molar refractivity (Wildman–Crippen MR) is 91.7 cm³/mol. The van der Waals surface area contributed by atoms with Gasteiger partial charge >= 0.3 is 5.97 Å². The summed E-state index contributed by atoms with van der Waals surface area (Å²) in [5.74, 6) is -0.465. The van der Waals surface area contributed by atoms with Crippen molar-refractivity contribution < 1.29 is 14.3 Å². The molecule has 0 unspecified atom stereocenters. The van der Waals surface area contributed by atoms with E-state index in [0.717, 1.165) is 29.4 Å². The molecule has 0 radical (unpaired) electrons. The number of aryl methyl sites for hydroxylation is 1. The number of piperidine rings is 1. The van der Waals surface area contributed by atoms with Gasteiger partial charge in [-0.15, -0.1) is 0 Å². The van der Waals surface area contributed by atoms with Gasteiger partial charge in [0.15, 0.2) is 0 Å². The highest BCUT2D eigenvalue weighted by Crippen LogP contribution is 2.24. The van der Waals surface area contributed by atoms with E-state index < -0.39 is 0 Å². The minimum absolute atomic E-state index is 0.0364. The number of para-hydroxylation sites is 1. The molecule has 2 aromatic rings. The summed E-state index contributed by atoms with van der Waals surface area (Å²) in [7, 11) is 0. The van der Waals surface area contributed by atoms with Crippen molar-refractivity contribution >= 4 is 22.8 Å². The highest BCUT2D eigenvalue weighted by Gasteiger charge is 2.30. The van der Waals surface area contributed by atoms with Crippen molar-refractivity contribution in [3.8, 4) is 0 Å².